The summed E-state index contributed by atoms with van der Waals surface area (Å²) in [6.07, 6.45) is 0. The topological polar surface area (TPSA) is 81.4 Å². The Morgan fingerprint density at radius 1 is 1.14 bits per heavy atom. The molecule has 21 heavy (non-hydrogen) atoms. The molecule has 0 aliphatic heterocycles. The van der Waals surface area contributed by atoms with Crippen LogP contribution >= 0.6 is 0 Å². The molecule has 0 spiro atoms. The highest BCUT2D eigenvalue weighted by molar-refractivity contribution is 5.86. The first-order valence-corrected chi connectivity index (χ1v) is 6.25. The van der Waals surface area contributed by atoms with Gasteiger partial charge in [0.1, 0.15) is 23.2 Å². The highest BCUT2D eigenvalue weighted by Gasteiger charge is 2.16. The summed E-state index contributed by atoms with van der Waals surface area (Å²) in [6, 6.07) is 14.3. The number of rotatable bonds is 3. The van der Waals surface area contributed by atoms with Crippen molar-refractivity contribution in [1.29, 1.82) is 5.26 Å². The van der Waals surface area contributed by atoms with Gasteiger partial charge in [0.05, 0.1) is 12.5 Å². The van der Waals surface area contributed by atoms with Gasteiger partial charge in [-0.05, 0) is 12.1 Å². The first kappa shape index (κ1) is 12.9. The van der Waals surface area contributed by atoms with E-state index >= 15 is 0 Å². The molecule has 0 saturated carbocycles. The first-order chi connectivity index (χ1) is 10.2. The Labute approximate surface area is 121 Å². The molecule has 3 rings (SSSR count). The van der Waals surface area contributed by atoms with Gasteiger partial charge in [-0.3, -0.25) is 0 Å². The van der Waals surface area contributed by atoms with Crippen LogP contribution in [0.25, 0.3) is 11.0 Å². The second-order valence-corrected chi connectivity index (χ2v) is 4.41. The molecule has 2 N–H and O–H groups in total. The average Bonchev–Trinajstić information content (AvgIpc) is 2.85. The van der Waals surface area contributed by atoms with Crippen LogP contribution in [0.5, 0.6) is 17.2 Å². The third kappa shape index (κ3) is 2.35. The zero-order chi connectivity index (χ0) is 14.8. The second kappa shape index (κ2) is 5.10. The van der Waals surface area contributed by atoms with Crippen LogP contribution < -0.4 is 15.2 Å². The minimum Gasteiger partial charge on any atom is -0.497 e. The van der Waals surface area contributed by atoms with Gasteiger partial charge in [-0.25, -0.2) is 0 Å². The van der Waals surface area contributed by atoms with Crippen LogP contribution in [0.4, 0.5) is 5.69 Å². The molecule has 0 unspecified atom stereocenters. The Bertz CT molecular complexity index is 846. The summed E-state index contributed by atoms with van der Waals surface area (Å²) in [5, 5.41) is 9.91. The summed E-state index contributed by atoms with van der Waals surface area (Å²) >= 11 is 0. The van der Waals surface area contributed by atoms with E-state index < -0.39 is 0 Å². The van der Waals surface area contributed by atoms with Gasteiger partial charge in [0.2, 0.25) is 5.76 Å². The van der Waals surface area contributed by atoms with E-state index in [1.54, 1.807) is 31.4 Å². The normalized spacial score (nSPS) is 10.3. The molecule has 0 aliphatic rings. The monoisotopic (exact) mass is 280 g/mol. The summed E-state index contributed by atoms with van der Waals surface area (Å²) in [4.78, 5) is 0. The van der Waals surface area contributed by atoms with Crippen LogP contribution in [-0.4, -0.2) is 7.11 Å². The Hall–Kier alpha value is -3.13. The van der Waals surface area contributed by atoms with Gasteiger partial charge in [-0.2, -0.15) is 5.26 Å². The van der Waals surface area contributed by atoms with Gasteiger partial charge in [0.15, 0.2) is 5.75 Å². The van der Waals surface area contributed by atoms with Crippen molar-refractivity contribution in [2.45, 2.75) is 0 Å². The molecule has 3 aromatic rings. The van der Waals surface area contributed by atoms with E-state index in [-0.39, 0.29) is 5.76 Å². The molecule has 1 heterocycles. The van der Waals surface area contributed by atoms with Crippen molar-refractivity contribution < 1.29 is 13.9 Å². The van der Waals surface area contributed by atoms with Gasteiger partial charge in [0.25, 0.3) is 0 Å². The van der Waals surface area contributed by atoms with Crippen LogP contribution in [0, 0.1) is 11.3 Å². The molecule has 2 aromatic carbocycles. The number of para-hydroxylation sites is 1. The molecule has 0 amide bonds. The number of methoxy groups -OCH3 is 1. The van der Waals surface area contributed by atoms with E-state index in [9.17, 15) is 5.26 Å². The van der Waals surface area contributed by atoms with Crippen LogP contribution in [0.3, 0.4) is 0 Å². The molecule has 5 nitrogen and oxygen atoms in total. The molecule has 0 atom stereocenters. The smallest absolute Gasteiger partial charge is 0.247 e. The van der Waals surface area contributed by atoms with Crippen molar-refractivity contribution in [3.8, 4) is 23.3 Å². The van der Waals surface area contributed by atoms with Gasteiger partial charge >= 0.3 is 0 Å². The van der Waals surface area contributed by atoms with E-state index in [0.717, 1.165) is 5.39 Å². The molecule has 0 saturated heterocycles. The SMILES string of the molecule is COc1cc(N)cc(Oc2c(C#N)oc3ccccc23)c1. The molecule has 0 aliphatic carbocycles. The quantitative estimate of drug-likeness (QED) is 0.740. The largest absolute Gasteiger partial charge is 0.497 e. The van der Waals surface area contributed by atoms with Crippen LogP contribution in [-0.2, 0) is 0 Å². The first-order valence-electron chi connectivity index (χ1n) is 6.25. The van der Waals surface area contributed by atoms with E-state index in [1.807, 2.05) is 24.3 Å². The maximum absolute atomic E-state index is 9.18. The van der Waals surface area contributed by atoms with Crippen LogP contribution in [0.2, 0.25) is 0 Å². The van der Waals surface area contributed by atoms with Crippen molar-refractivity contribution >= 4 is 16.7 Å². The maximum atomic E-state index is 9.18. The number of nitrogens with two attached hydrogens (primary N) is 1. The molecule has 104 valence electrons. The molecular weight excluding hydrogens is 268 g/mol. The second-order valence-electron chi connectivity index (χ2n) is 4.41. The fourth-order valence-electron chi connectivity index (χ4n) is 2.09. The summed E-state index contributed by atoms with van der Waals surface area (Å²) in [7, 11) is 1.55. The minimum absolute atomic E-state index is 0.123. The third-order valence-electron chi connectivity index (χ3n) is 3.01. The number of benzene rings is 2. The van der Waals surface area contributed by atoms with E-state index in [1.165, 1.54) is 0 Å². The predicted molar refractivity (Wildman–Crippen MR) is 78.4 cm³/mol. The third-order valence-corrected chi connectivity index (χ3v) is 3.01. The van der Waals surface area contributed by atoms with E-state index in [0.29, 0.717) is 28.5 Å². The zero-order valence-electron chi connectivity index (χ0n) is 11.3. The minimum atomic E-state index is 0.123. The fourth-order valence-corrected chi connectivity index (χ4v) is 2.09. The lowest BCUT2D eigenvalue weighted by Gasteiger charge is -2.08. The van der Waals surface area contributed by atoms with Gasteiger partial charge in [-0.1, -0.05) is 12.1 Å². The van der Waals surface area contributed by atoms with Gasteiger partial charge in [-0.15, -0.1) is 0 Å². The molecule has 1 aromatic heterocycles. The van der Waals surface area contributed by atoms with E-state index in [2.05, 4.69) is 0 Å². The molecule has 0 fully saturated rings. The summed E-state index contributed by atoms with van der Waals surface area (Å²) < 4.78 is 16.4. The number of nitrogens with zero attached hydrogens (tertiary/aromatic N) is 1. The van der Waals surface area contributed by atoms with Crippen molar-refractivity contribution in [3.05, 3.63) is 48.2 Å². The predicted octanol–water partition coefficient (Wildman–Crippen LogP) is 3.69. The number of ether oxygens (including phenoxy) is 2. The highest BCUT2D eigenvalue weighted by atomic mass is 16.5. The summed E-state index contributed by atoms with van der Waals surface area (Å²) in [5.74, 6) is 1.56. The molecule has 0 bridgehead atoms. The number of furan rings is 1. The van der Waals surface area contributed by atoms with Gasteiger partial charge < -0.3 is 19.6 Å². The lowest BCUT2D eigenvalue weighted by Crippen LogP contribution is -1.91. The number of nitriles is 1. The summed E-state index contributed by atoms with van der Waals surface area (Å²) in [5.41, 5.74) is 6.91. The van der Waals surface area contributed by atoms with Crippen molar-refractivity contribution in [3.63, 3.8) is 0 Å². The lowest BCUT2D eigenvalue weighted by molar-refractivity contribution is 0.408. The number of fused-ring (bicyclic) bond motifs is 1. The number of hydrogen-bond acceptors (Lipinski definition) is 5. The molecular formula is C16H12N2O3. The Kier molecular flexibility index (Phi) is 3.13. The van der Waals surface area contributed by atoms with Gasteiger partial charge in [0, 0.05) is 23.9 Å². The highest BCUT2D eigenvalue weighted by Crippen LogP contribution is 2.37. The number of hydrogen-bond donors (Lipinski definition) is 1. The van der Waals surface area contributed by atoms with Crippen molar-refractivity contribution in [2.75, 3.05) is 12.8 Å². The van der Waals surface area contributed by atoms with Crippen molar-refractivity contribution in [2.24, 2.45) is 0 Å². The fraction of sp³-hybridized carbons (Fsp3) is 0.0625. The Morgan fingerprint density at radius 2 is 1.90 bits per heavy atom. The standard InChI is InChI=1S/C16H12N2O3/c1-19-11-6-10(18)7-12(8-11)20-16-13-4-2-3-5-14(13)21-15(16)9-17/h2-8H,18H2,1H3. The number of nitrogen functional groups attached to an aromatic ring is 1. The van der Waals surface area contributed by atoms with E-state index in [4.69, 9.17) is 19.6 Å². The van der Waals surface area contributed by atoms with Crippen LogP contribution in [0.1, 0.15) is 5.76 Å². The molecule has 0 radical (unpaired) electrons. The maximum Gasteiger partial charge on any atom is 0.247 e. The summed E-state index contributed by atoms with van der Waals surface area (Å²) in [6.45, 7) is 0. The Balaban J connectivity index is 2.09. The lowest BCUT2D eigenvalue weighted by atomic mass is 10.2. The average molecular weight is 280 g/mol. The number of anilines is 1. The van der Waals surface area contributed by atoms with Crippen LogP contribution in [0.15, 0.2) is 46.9 Å². The van der Waals surface area contributed by atoms with Crippen molar-refractivity contribution in [1.82, 2.24) is 0 Å². The zero-order valence-corrected chi connectivity index (χ0v) is 11.3. The molecule has 5 heteroatoms. The Morgan fingerprint density at radius 3 is 2.67 bits per heavy atom.